The largest absolute Gasteiger partial charge is 0.447 e. The molecule has 2 fully saturated rings. The molecule has 4 aromatic rings. The molecule has 0 radical (unpaired) electrons. The van der Waals surface area contributed by atoms with Gasteiger partial charge in [-0.15, -0.1) is 0 Å². The van der Waals surface area contributed by atoms with Gasteiger partial charge in [0.15, 0.2) is 32.8 Å². The molecule has 0 aliphatic carbocycles. The van der Waals surface area contributed by atoms with E-state index in [2.05, 4.69) is 25.1 Å². The average Bonchev–Trinajstić information content (AvgIpc) is 3.76. The van der Waals surface area contributed by atoms with E-state index >= 15 is 0 Å². The summed E-state index contributed by atoms with van der Waals surface area (Å²) in [4.78, 5) is 29.7. The molecule has 0 bridgehead atoms. The first kappa shape index (κ1) is 44.5. The zero-order valence-electron chi connectivity index (χ0n) is 30.7. The van der Waals surface area contributed by atoms with Crippen molar-refractivity contribution in [3.8, 4) is 34.5 Å². The highest BCUT2D eigenvalue weighted by Crippen LogP contribution is 2.53. The Hall–Kier alpha value is -4.54. The number of amides is 2. The number of carbonyl (C=O) groups excluding carboxylic acids is 2. The lowest BCUT2D eigenvalue weighted by Crippen LogP contribution is -2.46. The van der Waals surface area contributed by atoms with Crippen LogP contribution in [0.2, 0.25) is 20.1 Å². The van der Waals surface area contributed by atoms with Crippen molar-refractivity contribution in [2.45, 2.75) is 50.5 Å². The quantitative estimate of drug-likeness (QED) is 0.0872. The molecule has 2 aromatic carbocycles. The van der Waals surface area contributed by atoms with Crippen molar-refractivity contribution in [3.63, 3.8) is 0 Å². The number of ether oxygens (including phenoxy) is 6. The maximum atomic E-state index is 13.0. The number of carbonyl (C=O) groups is 2. The molecular formula is C36H29Cl4F4N4O11S2+. The van der Waals surface area contributed by atoms with Gasteiger partial charge in [-0.2, -0.15) is 29.3 Å². The normalized spacial score (nSPS) is 17.5. The average molecular weight is 976 g/mol. The number of sulfone groups is 1. The van der Waals surface area contributed by atoms with Crippen LogP contribution in [0.5, 0.6) is 34.5 Å². The van der Waals surface area contributed by atoms with Gasteiger partial charge in [-0.3, -0.25) is 19.8 Å². The fourth-order valence-electron chi connectivity index (χ4n) is 6.47. The number of alkyl halides is 4. The summed E-state index contributed by atoms with van der Waals surface area (Å²) in [5.74, 6) is -3.65. The Labute approximate surface area is 367 Å². The number of halogens is 8. The van der Waals surface area contributed by atoms with E-state index in [0.717, 1.165) is 30.0 Å². The summed E-state index contributed by atoms with van der Waals surface area (Å²) in [6.07, 6.45) is 5.81. The van der Waals surface area contributed by atoms with Crippen LogP contribution in [-0.4, -0.2) is 78.2 Å². The summed E-state index contributed by atoms with van der Waals surface area (Å²) >= 11 is 25.9. The molecule has 0 atom stereocenters. The third-order valence-electron chi connectivity index (χ3n) is 9.37. The molecule has 4 aliphatic rings. The Balaban J connectivity index is 0.000000185. The fourth-order valence-corrected chi connectivity index (χ4v) is 10.0. The van der Waals surface area contributed by atoms with Gasteiger partial charge in [-0.25, -0.2) is 8.42 Å². The van der Waals surface area contributed by atoms with Gasteiger partial charge < -0.3 is 39.1 Å². The van der Waals surface area contributed by atoms with Crippen LogP contribution in [0.15, 0.2) is 49.1 Å². The summed E-state index contributed by atoms with van der Waals surface area (Å²) in [5.41, 5.74) is 0.140. The van der Waals surface area contributed by atoms with Crippen molar-refractivity contribution in [1.82, 2.24) is 4.98 Å². The number of anilines is 2. The Morgan fingerprint density at radius 2 is 1.11 bits per heavy atom. The van der Waals surface area contributed by atoms with Gasteiger partial charge in [0.25, 0.3) is 23.4 Å². The minimum absolute atomic E-state index is 0.0114. The molecule has 2 amide bonds. The molecule has 4 aliphatic heterocycles. The van der Waals surface area contributed by atoms with Crippen LogP contribution in [0.3, 0.4) is 0 Å². The van der Waals surface area contributed by atoms with Crippen LogP contribution in [0, 0.1) is 0 Å². The third-order valence-corrected chi connectivity index (χ3v) is 13.2. The fraction of sp³-hybridized carbons (Fsp3) is 0.333. The molecule has 15 nitrogen and oxygen atoms in total. The second-order valence-corrected chi connectivity index (χ2v) is 18.5. The van der Waals surface area contributed by atoms with Gasteiger partial charge in [-0.1, -0.05) is 46.4 Å². The molecule has 25 heteroatoms. The molecule has 2 spiro atoms. The Morgan fingerprint density at radius 1 is 0.705 bits per heavy atom. The van der Waals surface area contributed by atoms with Gasteiger partial charge in [-0.05, 0) is 24.3 Å². The lowest BCUT2D eigenvalue weighted by atomic mass is 10.1. The third kappa shape index (κ3) is 9.76. The number of aromatic nitrogens is 2. The molecule has 2 saturated heterocycles. The van der Waals surface area contributed by atoms with Crippen molar-refractivity contribution < 1.29 is 73.9 Å². The topological polar surface area (TPSA) is 185 Å². The lowest BCUT2D eigenvalue weighted by molar-refractivity contribution is -0.904. The highest BCUT2D eigenvalue weighted by Gasteiger charge is 2.49. The number of thioether (sulfide) groups is 1. The van der Waals surface area contributed by atoms with E-state index in [4.69, 9.17) is 65.4 Å². The van der Waals surface area contributed by atoms with Crippen LogP contribution < -0.4 is 43.8 Å². The monoisotopic (exact) mass is 973 g/mol. The van der Waals surface area contributed by atoms with Crippen molar-refractivity contribution in [3.05, 3.63) is 80.3 Å². The number of pyridine rings is 2. The van der Waals surface area contributed by atoms with Crippen molar-refractivity contribution in [1.29, 1.82) is 0 Å². The smallest absolute Gasteiger partial charge is 0.387 e. The number of hydrogen-bond donors (Lipinski definition) is 3. The standard InChI is InChI=1S/C18H14Cl2F2N2O7S.C18H14Cl2F2N2O4S/c19-10-7-24(26)8-11(20)13(10)23-16(25)9-1-2-12(29-17(21)22)15-14(9)30-18(31-15)3-5-32(27,28)6-4-18;19-10-7-23-8-11(20)13(10)24-16(25)9-1-2-12(26-17(21)22)15-14(9)27-18(28-15)3-5-29-6-4-18/h1-2,7-8,17,26H,3-6H2;1-2,7-8,17H,3-6H2,(H,23,24,25)/p+1. The number of nitrogens with one attached hydrogen (secondary N) is 2. The lowest BCUT2D eigenvalue weighted by Gasteiger charge is -2.31. The zero-order valence-corrected chi connectivity index (χ0v) is 35.4. The first-order chi connectivity index (χ1) is 28.9. The second-order valence-electron chi connectivity index (χ2n) is 13.4. The van der Waals surface area contributed by atoms with Gasteiger partial charge >= 0.3 is 13.2 Å². The van der Waals surface area contributed by atoms with Gasteiger partial charge in [0.2, 0.25) is 23.9 Å². The Morgan fingerprint density at radius 3 is 1.56 bits per heavy atom. The molecule has 0 unspecified atom stereocenters. The van der Waals surface area contributed by atoms with Crippen molar-refractivity contribution in [2.24, 2.45) is 0 Å². The van der Waals surface area contributed by atoms with Gasteiger partial charge in [0, 0.05) is 54.3 Å². The summed E-state index contributed by atoms with van der Waals surface area (Å²) in [6.45, 7) is -6.21. The van der Waals surface area contributed by atoms with Gasteiger partial charge in [0.05, 0.1) is 44.1 Å². The van der Waals surface area contributed by atoms with Crippen LogP contribution in [0.4, 0.5) is 28.9 Å². The summed E-state index contributed by atoms with van der Waals surface area (Å²) in [6, 6.07) is 4.87. The molecule has 3 N–H and O–H groups in total. The van der Waals surface area contributed by atoms with E-state index in [1.807, 2.05) is 0 Å². The van der Waals surface area contributed by atoms with E-state index in [9.17, 15) is 40.8 Å². The van der Waals surface area contributed by atoms with Crippen LogP contribution in [0.25, 0.3) is 0 Å². The van der Waals surface area contributed by atoms with Crippen molar-refractivity contribution >= 4 is 91.2 Å². The SMILES string of the molecule is O=C(Nc1c(Cl)c[n+](O)cc1Cl)c1ccc(OC(F)F)c2c1OC1(CCS(=O)(=O)CC1)O2.O=C(Nc1c(Cl)cncc1Cl)c1ccc(OC(F)F)c2c1OC1(CCSCC1)O2. The number of rotatable bonds is 8. The van der Waals surface area contributed by atoms with E-state index in [1.54, 1.807) is 11.8 Å². The first-order valence-corrected chi connectivity index (χ1v) is 22.1. The zero-order chi connectivity index (χ0) is 43.9. The number of hydrogen-bond acceptors (Lipinski definition) is 13. The van der Waals surface area contributed by atoms with Crippen LogP contribution >= 0.6 is 58.2 Å². The molecule has 6 heterocycles. The molecule has 0 saturated carbocycles. The maximum Gasteiger partial charge on any atom is 0.387 e. The van der Waals surface area contributed by atoms with Crippen LogP contribution in [0.1, 0.15) is 46.4 Å². The minimum Gasteiger partial charge on any atom is -0.447 e. The summed E-state index contributed by atoms with van der Waals surface area (Å²) in [5, 5.41) is 14.7. The number of fused-ring (bicyclic) bond motifs is 2. The molecular weight excluding hydrogens is 946 g/mol. The highest BCUT2D eigenvalue weighted by atomic mass is 35.5. The van der Waals surface area contributed by atoms with E-state index in [0.29, 0.717) is 17.6 Å². The Kier molecular flexibility index (Phi) is 12.9. The minimum atomic E-state index is -3.29. The molecule has 326 valence electrons. The highest BCUT2D eigenvalue weighted by molar-refractivity contribution is 7.99. The van der Waals surface area contributed by atoms with E-state index < -0.39 is 46.4 Å². The number of nitrogens with zero attached hydrogens (tertiary/aromatic N) is 2. The van der Waals surface area contributed by atoms with E-state index in [1.165, 1.54) is 30.6 Å². The van der Waals surface area contributed by atoms with Crippen LogP contribution in [-0.2, 0) is 9.84 Å². The number of benzene rings is 2. The summed E-state index contributed by atoms with van der Waals surface area (Å²) in [7, 11) is -3.29. The van der Waals surface area contributed by atoms with Gasteiger partial charge in [0.1, 0.15) is 10.0 Å². The molecule has 61 heavy (non-hydrogen) atoms. The summed E-state index contributed by atoms with van der Waals surface area (Å²) < 4.78 is 108. The van der Waals surface area contributed by atoms with Crippen molar-refractivity contribution in [2.75, 3.05) is 33.6 Å². The predicted molar refractivity (Wildman–Crippen MR) is 213 cm³/mol. The van der Waals surface area contributed by atoms with E-state index in [-0.39, 0.29) is 101 Å². The molecule has 2 aromatic heterocycles. The Bertz CT molecular complexity index is 2450. The predicted octanol–water partition coefficient (Wildman–Crippen LogP) is 8.28. The second kappa shape index (κ2) is 17.7. The molecule has 8 rings (SSSR count). The maximum absolute atomic E-state index is 13.0. The first-order valence-electron chi connectivity index (χ1n) is 17.7.